The van der Waals surface area contributed by atoms with Crippen molar-refractivity contribution in [3.63, 3.8) is 0 Å². The fourth-order valence-electron chi connectivity index (χ4n) is 5.98. The molecule has 4 aromatic carbocycles. The number of aliphatic carboxylic acids is 1. The van der Waals surface area contributed by atoms with E-state index in [0.717, 1.165) is 49.8 Å². The number of methoxy groups -OCH3 is 1. The molecule has 6 aromatic rings. The van der Waals surface area contributed by atoms with Gasteiger partial charge in [-0.2, -0.15) is 10.2 Å². The van der Waals surface area contributed by atoms with Gasteiger partial charge in [0.1, 0.15) is 11.5 Å². The van der Waals surface area contributed by atoms with Crippen molar-refractivity contribution >= 4 is 33.5 Å². The quantitative estimate of drug-likeness (QED) is 0.204. The van der Waals surface area contributed by atoms with Crippen molar-refractivity contribution in [1.82, 2.24) is 19.6 Å². The maximum atomic E-state index is 12.3. The van der Waals surface area contributed by atoms with Gasteiger partial charge in [-0.3, -0.25) is 9.59 Å². The van der Waals surface area contributed by atoms with Crippen molar-refractivity contribution < 1.29 is 28.9 Å². The molecule has 0 radical (unpaired) electrons. The first kappa shape index (κ1) is 36.0. The lowest BCUT2D eigenvalue weighted by molar-refractivity contribution is -0.143. The summed E-state index contributed by atoms with van der Waals surface area (Å²) in [5.74, 6) is -0.249. The number of hydrogen-bond acceptors (Lipinski definition) is 9. The number of ether oxygens (including phenoxy) is 3. The molecule has 12 nitrogen and oxygen atoms in total. The average molecular weight is 691 g/mol. The zero-order chi connectivity index (χ0) is 37.0. The summed E-state index contributed by atoms with van der Waals surface area (Å²) in [4.78, 5) is 46.6. The second-order valence-electron chi connectivity index (χ2n) is 12.1. The van der Waals surface area contributed by atoms with Crippen molar-refractivity contribution in [2.45, 2.75) is 27.7 Å². The topological polar surface area (TPSA) is 152 Å². The van der Waals surface area contributed by atoms with Crippen LogP contribution in [0.3, 0.4) is 0 Å². The third-order valence-electron chi connectivity index (χ3n) is 8.28. The van der Waals surface area contributed by atoms with E-state index >= 15 is 0 Å². The summed E-state index contributed by atoms with van der Waals surface area (Å²) in [7, 11) is 4.60. The van der Waals surface area contributed by atoms with Gasteiger partial charge in [-0.25, -0.2) is 19.0 Å². The van der Waals surface area contributed by atoms with Crippen LogP contribution in [0.4, 0.5) is 0 Å². The molecule has 0 saturated heterocycles. The van der Waals surface area contributed by atoms with Gasteiger partial charge in [0.25, 0.3) is 11.1 Å². The van der Waals surface area contributed by atoms with Gasteiger partial charge in [0.15, 0.2) is 13.2 Å². The SMILES string of the molecule is COC(=O)COc1c(C)cc(-c2nn(C)c(=O)c3ccccc23)cc1C.Cc1cc(-c2nn(C)c(=O)c3ccccc23)cc(C)c1OCC(=O)O. The number of aromatic nitrogens is 4. The van der Waals surface area contributed by atoms with Gasteiger partial charge < -0.3 is 19.3 Å². The second kappa shape index (κ2) is 15.1. The normalized spacial score (nSPS) is 10.8. The van der Waals surface area contributed by atoms with Gasteiger partial charge in [0.05, 0.1) is 29.3 Å². The standard InChI is InChI=1S/C20H20N2O4.C19H18N2O4/c1-12-9-14(10-13(2)19(12)26-11-17(23)25-4)18-15-7-5-6-8-16(15)20(24)22(3)21-18;1-11-8-13(9-12(2)18(11)25-10-16(22)23)17-14-6-4-5-7-15(14)19(24)21(3)20-17/h5-10H,11H2,1-4H3;4-9H,10H2,1-3H3,(H,22,23). The van der Waals surface area contributed by atoms with E-state index in [0.29, 0.717) is 28.0 Å². The molecule has 0 atom stereocenters. The molecule has 0 aliphatic heterocycles. The van der Waals surface area contributed by atoms with Gasteiger partial charge in [-0.05, 0) is 86.3 Å². The molecular formula is C39H38N4O8. The van der Waals surface area contributed by atoms with Crippen LogP contribution in [0.1, 0.15) is 22.3 Å². The molecular weight excluding hydrogens is 652 g/mol. The van der Waals surface area contributed by atoms with Crippen LogP contribution in [0, 0.1) is 27.7 Å². The molecule has 0 aliphatic rings. The Hall–Kier alpha value is -6.30. The molecule has 6 rings (SSSR count). The lowest BCUT2D eigenvalue weighted by atomic mass is 10.00. The van der Waals surface area contributed by atoms with Crippen molar-refractivity contribution in [2.24, 2.45) is 14.1 Å². The number of rotatable bonds is 8. The number of carbonyl (C=O) groups is 2. The molecule has 0 spiro atoms. The lowest BCUT2D eigenvalue weighted by Crippen LogP contribution is -2.20. The molecule has 0 fully saturated rings. The number of carboxylic acids is 1. The Bertz CT molecular complexity index is 2380. The first-order valence-electron chi connectivity index (χ1n) is 16.0. The summed E-state index contributed by atoms with van der Waals surface area (Å²) in [5, 5.41) is 20.5. The molecule has 0 bridgehead atoms. The van der Waals surface area contributed by atoms with Crippen LogP contribution in [0.25, 0.3) is 44.1 Å². The maximum Gasteiger partial charge on any atom is 0.343 e. The highest BCUT2D eigenvalue weighted by molar-refractivity contribution is 5.95. The number of carbonyl (C=O) groups excluding carboxylic acids is 1. The second-order valence-corrected chi connectivity index (χ2v) is 12.1. The Morgan fingerprint density at radius 2 is 0.980 bits per heavy atom. The highest BCUT2D eigenvalue weighted by Gasteiger charge is 2.16. The number of carboxylic acid groups (broad SMARTS) is 1. The van der Waals surface area contributed by atoms with E-state index in [9.17, 15) is 19.2 Å². The van der Waals surface area contributed by atoms with Crippen LogP contribution in [0.15, 0.2) is 82.4 Å². The number of nitrogens with zero attached hydrogens (tertiary/aromatic N) is 4. The van der Waals surface area contributed by atoms with Gasteiger partial charge >= 0.3 is 11.9 Å². The predicted octanol–water partition coefficient (Wildman–Crippen LogP) is 5.45. The highest BCUT2D eigenvalue weighted by Crippen LogP contribution is 2.33. The van der Waals surface area contributed by atoms with E-state index in [2.05, 4.69) is 14.9 Å². The van der Waals surface area contributed by atoms with Crippen LogP contribution in [0.2, 0.25) is 0 Å². The van der Waals surface area contributed by atoms with Crippen LogP contribution >= 0.6 is 0 Å². The summed E-state index contributed by atoms with van der Waals surface area (Å²) < 4.78 is 18.3. The zero-order valence-corrected chi connectivity index (χ0v) is 29.4. The van der Waals surface area contributed by atoms with E-state index < -0.39 is 11.9 Å². The fraction of sp³-hybridized carbons (Fsp3) is 0.231. The summed E-state index contributed by atoms with van der Waals surface area (Å²) in [5.41, 5.74) is 6.29. The number of esters is 1. The minimum Gasteiger partial charge on any atom is -0.481 e. The zero-order valence-electron chi connectivity index (χ0n) is 29.4. The molecule has 12 heteroatoms. The van der Waals surface area contributed by atoms with E-state index in [4.69, 9.17) is 14.6 Å². The third-order valence-corrected chi connectivity index (χ3v) is 8.28. The third kappa shape index (κ3) is 7.64. The van der Waals surface area contributed by atoms with Crippen molar-refractivity contribution in [3.8, 4) is 34.0 Å². The monoisotopic (exact) mass is 690 g/mol. The van der Waals surface area contributed by atoms with Crippen LogP contribution < -0.4 is 20.6 Å². The molecule has 0 aliphatic carbocycles. The number of benzene rings is 4. The van der Waals surface area contributed by atoms with E-state index in [1.165, 1.54) is 16.5 Å². The minimum absolute atomic E-state index is 0.129. The number of hydrogen-bond donors (Lipinski definition) is 1. The summed E-state index contributed by atoms with van der Waals surface area (Å²) in [6.07, 6.45) is 0. The molecule has 0 saturated carbocycles. The van der Waals surface area contributed by atoms with Crippen LogP contribution in [-0.2, 0) is 28.4 Å². The summed E-state index contributed by atoms with van der Waals surface area (Å²) in [6, 6.07) is 22.5. The Kier molecular flexibility index (Phi) is 10.6. The van der Waals surface area contributed by atoms with E-state index in [1.54, 1.807) is 26.2 Å². The Morgan fingerprint density at radius 3 is 1.33 bits per heavy atom. The average Bonchev–Trinajstić information content (AvgIpc) is 3.10. The first-order chi connectivity index (χ1) is 24.3. The minimum atomic E-state index is -1.02. The largest absolute Gasteiger partial charge is 0.481 e. The Balaban J connectivity index is 0.000000198. The predicted molar refractivity (Wildman–Crippen MR) is 194 cm³/mol. The van der Waals surface area contributed by atoms with E-state index in [-0.39, 0.29) is 24.3 Å². The summed E-state index contributed by atoms with van der Waals surface area (Å²) in [6.45, 7) is 7.01. The highest BCUT2D eigenvalue weighted by atomic mass is 16.6. The first-order valence-corrected chi connectivity index (χ1v) is 16.0. The molecule has 0 amide bonds. The molecule has 262 valence electrons. The van der Waals surface area contributed by atoms with Gasteiger partial charge in [-0.1, -0.05) is 36.4 Å². The number of aryl methyl sites for hydroxylation is 6. The van der Waals surface area contributed by atoms with Gasteiger partial charge in [-0.15, -0.1) is 0 Å². The molecule has 2 heterocycles. The molecule has 0 unspecified atom stereocenters. The maximum absolute atomic E-state index is 12.3. The lowest BCUT2D eigenvalue weighted by Gasteiger charge is -2.14. The van der Waals surface area contributed by atoms with Crippen LogP contribution in [-0.4, -0.2) is 56.9 Å². The van der Waals surface area contributed by atoms with Gasteiger partial charge in [0.2, 0.25) is 0 Å². The van der Waals surface area contributed by atoms with Crippen LogP contribution in [0.5, 0.6) is 11.5 Å². The van der Waals surface area contributed by atoms with Gasteiger partial charge in [0, 0.05) is 36.0 Å². The van der Waals surface area contributed by atoms with E-state index in [1.807, 2.05) is 88.4 Å². The van der Waals surface area contributed by atoms with Crippen molar-refractivity contribution in [3.05, 3.63) is 116 Å². The number of fused-ring (bicyclic) bond motifs is 2. The Morgan fingerprint density at radius 1 is 0.627 bits per heavy atom. The molecule has 1 N–H and O–H groups in total. The smallest absolute Gasteiger partial charge is 0.343 e. The van der Waals surface area contributed by atoms with Crippen molar-refractivity contribution in [2.75, 3.05) is 20.3 Å². The van der Waals surface area contributed by atoms with Crippen molar-refractivity contribution in [1.29, 1.82) is 0 Å². The fourth-order valence-corrected chi connectivity index (χ4v) is 5.98. The Labute approximate surface area is 293 Å². The summed E-state index contributed by atoms with van der Waals surface area (Å²) >= 11 is 0. The molecule has 2 aromatic heterocycles. The molecule has 51 heavy (non-hydrogen) atoms.